The van der Waals surface area contributed by atoms with Gasteiger partial charge in [0.25, 0.3) is 0 Å². The number of halogens is 1. The molecule has 0 saturated heterocycles. The fourth-order valence-corrected chi connectivity index (χ4v) is 2.57. The predicted octanol–water partition coefficient (Wildman–Crippen LogP) is 2.00. The van der Waals surface area contributed by atoms with Crippen molar-refractivity contribution in [1.82, 2.24) is 19.8 Å². The number of nitrogens with one attached hydrogen (secondary N) is 2. The fourth-order valence-electron chi connectivity index (χ4n) is 2.38. The number of hydrogen-bond donors (Lipinski definition) is 2. The fraction of sp³-hybridized carbons (Fsp3) is 0.312. The van der Waals surface area contributed by atoms with Gasteiger partial charge in [-0.2, -0.15) is 4.99 Å². The lowest BCUT2D eigenvalue weighted by atomic mass is 10.2. The van der Waals surface area contributed by atoms with Gasteiger partial charge < -0.3 is 24.8 Å². The van der Waals surface area contributed by atoms with Crippen LogP contribution in [0.25, 0.3) is 5.69 Å². The summed E-state index contributed by atoms with van der Waals surface area (Å²) in [7, 11) is 5.20. The summed E-state index contributed by atoms with van der Waals surface area (Å²) in [5.74, 6) is 1.78. The van der Waals surface area contributed by atoms with E-state index in [1.54, 1.807) is 25.4 Å². The van der Waals surface area contributed by atoms with E-state index in [-0.39, 0.29) is 0 Å². The first-order valence-electron chi connectivity index (χ1n) is 7.69. The summed E-state index contributed by atoms with van der Waals surface area (Å²) in [6.45, 7) is 1.94. The van der Waals surface area contributed by atoms with Gasteiger partial charge >= 0.3 is 0 Å². The van der Waals surface area contributed by atoms with Crippen LogP contribution in [0.4, 0.5) is 5.69 Å². The van der Waals surface area contributed by atoms with Crippen molar-refractivity contribution in [1.29, 1.82) is 0 Å². The zero-order valence-electron chi connectivity index (χ0n) is 14.5. The molecule has 1 atom stereocenters. The number of anilines is 1. The van der Waals surface area contributed by atoms with Gasteiger partial charge in [0.15, 0.2) is 0 Å². The molecule has 0 saturated carbocycles. The number of guanidine groups is 2. The lowest BCUT2D eigenvalue weighted by Crippen LogP contribution is -2.43. The molecule has 3 rings (SSSR count). The lowest BCUT2D eigenvalue weighted by molar-refractivity contribution is 0.413. The molecule has 132 valence electrons. The second-order valence-electron chi connectivity index (χ2n) is 5.49. The smallest absolute Gasteiger partial charge is 0.224 e. The van der Waals surface area contributed by atoms with Crippen LogP contribution in [0, 0.1) is 6.92 Å². The standard InChI is InChI=1S/C16H20ClN7O/c1-10-8-24(9-19-10)12-6-5-11(7-13(12)25-4)20-16-22-15(18-2)21-14(17)23(16)3/h5-9,14H,1-4H3,(H2,18,20,21,22). The van der Waals surface area contributed by atoms with Gasteiger partial charge in [-0.15, -0.1) is 0 Å². The van der Waals surface area contributed by atoms with Crippen molar-refractivity contribution in [2.45, 2.75) is 12.5 Å². The molecule has 2 N–H and O–H groups in total. The van der Waals surface area contributed by atoms with Gasteiger partial charge in [-0.1, -0.05) is 11.6 Å². The van der Waals surface area contributed by atoms with Crippen LogP contribution in [0.15, 0.2) is 40.7 Å². The number of alkyl halides is 1. The normalized spacial score (nSPS) is 17.0. The number of imidazole rings is 1. The molecule has 1 aliphatic rings. The number of rotatable bonds is 3. The molecule has 9 heteroatoms. The molecule has 8 nitrogen and oxygen atoms in total. The van der Waals surface area contributed by atoms with E-state index in [0.717, 1.165) is 17.1 Å². The molecule has 0 spiro atoms. The highest BCUT2D eigenvalue weighted by atomic mass is 35.5. The molecule has 1 unspecified atom stereocenters. The van der Waals surface area contributed by atoms with Crippen molar-refractivity contribution in [3.05, 3.63) is 36.4 Å². The van der Waals surface area contributed by atoms with Crippen LogP contribution in [-0.4, -0.2) is 53.2 Å². The number of benzene rings is 1. The highest BCUT2D eigenvalue weighted by molar-refractivity contribution is 6.23. The van der Waals surface area contributed by atoms with Gasteiger partial charge in [0.05, 0.1) is 24.8 Å². The predicted molar refractivity (Wildman–Crippen MR) is 99.8 cm³/mol. The SMILES string of the molecule is CNC1=NC(Cl)N(C)C(Nc2ccc(-n3cnc(C)c3)c(OC)c2)=N1. The van der Waals surface area contributed by atoms with E-state index in [4.69, 9.17) is 16.3 Å². The summed E-state index contributed by atoms with van der Waals surface area (Å²) in [6, 6.07) is 5.80. The van der Waals surface area contributed by atoms with Crippen molar-refractivity contribution in [2.24, 2.45) is 9.98 Å². The zero-order valence-corrected chi connectivity index (χ0v) is 15.2. The van der Waals surface area contributed by atoms with Crippen LogP contribution in [0.1, 0.15) is 5.69 Å². The Morgan fingerprint density at radius 1 is 1.32 bits per heavy atom. The van der Waals surface area contributed by atoms with Crippen LogP contribution >= 0.6 is 11.6 Å². The summed E-state index contributed by atoms with van der Waals surface area (Å²) in [4.78, 5) is 14.6. The third-order valence-corrected chi connectivity index (χ3v) is 4.13. The molecule has 2 aromatic rings. The summed E-state index contributed by atoms with van der Waals surface area (Å²) in [5.41, 5.74) is 2.14. The second-order valence-corrected chi connectivity index (χ2v) is 5.88. The largest absolute Gasteiger partial charge is 0.494 e. The summed E-state index contributed by atoms with van der Waals surface area (Å²) >= 11 is 6.21. The average molecular weight is 362 g/mol. The first-order chi connectivity index (χ1) is 12.0. The first kappa shape index (κ1) is 17.1. The van der Waals surface area contributed by atoms with Gasteiger partial charge in [0.1, 0.15) is 5.75 Å². The molecule has 1 aromatic carbocycles. The molecule has 25 heavy (non-hydrogen) atoms. The number of aliphatic imine (C=N–C) groups is 2. The van der Waals surface area contributed by atoms with E-state index in [2.05, 4.69) is 25.6 Å². The monoisotopic (exact) mass is 361 g/mol. The van der Waals surface area contributed by atoms with Crippen molar-refractivity contribution in [2.75, 3.05) is 26.5 Å². The highest BCUT2D eigenvalue weighted by Gasteiger charge is 2.21. The van der Waals surface area contributed by atoms with E-state index in [1.165, 1.54) is 0 Å². The Hall–Kier alpha value is -2.74. The Bertz CT molecular complexity index is 830. The third-order valence-electron chi connectivity index (χ3n) is 3.74. The number of aryl methyl sites for hydroxylation is 1. The van der Waals surface area contributed by atoms with E-state index >= 15 is 0 Å². The number of ether oxygens (including phenoxy) is 1. The molecule has 0 aliphatic carbocycles. The average Bonchev–Trinajstić information content (AvgIpc) is 3.04. The zero-order chi connectivity index (χ0) is 18.0. The quantitative estimate of drug-likeness (QED) is 0.645. The Kier molecular flexibility index (Phi) is 4.80. The third kappa shape index (κ3) is 3.53. The lowest BCUT2D eigenvalue weighted by Gasteiger charge is -2.28. The van der Waals surface area contributed by atoms with Crippen molar-refractivity contribution in [3.8, 4) is 11.4 Å². The van der Waals surface area contributed by atoms with E-state index in [9.17, 15) is 0 Å². The van der Waals surface area contributed by atoms with E-state index in [0.29, 0.717) is 17.7 Å². The molecule has 0 bridgehead atoms. The molecule has 1 aromatic heterocycles. The van der Waals surface area contributed by atoms with Crippen LogP contribution in [0.5, 0.6) is 5.75 Å². The minimum atomic E-state index is -0.530. The summed E-state index contributed by atoms with van der Waals surface area (Å²) in [6.07, 6.45) is 3.70. The van der Waals surface area contributed by atoms with Crippen LogP contribution < -0.4 is 15.4 Å². The van der Waals surface area contributed by atoms with Crippen molar-refractivity contribution in [3.63, 3.8) is 0 Å². The maximum atomic E-state index is 6.21. The molecule has 0 amide bonds. The number of aromatic nitrogens is 2. The van der Waals surface area contributed by atoms with Crippen molar-refractivity contribution < 1.29 is 4.74 Å². The number of nitrogens with zero attached hydrogens (tertiary/aromatic N) is 5. The van der Waals surface area contributed by atoms with Gasteiger partial charge in [-0.25, -0.2) is 9.98 Å². The maximum absolute atomic E-state index is 6.21. The van der Waals surface area contributed by atoms with Crippen LogP contribution in [-0.2, 0) is 0 Å². The van der Waals surface area contributed by atoms with Gasteiger partial charge in [0.2, 0.25) is 17.5 Å². The number of methoxy groups -OCH3 is 1. The Labute approximate surface area is 151 Å². The minimum Gasteiger partial charge on any atom is -0.494 e. The highest BCUT2D eigenvalue weighted by Crippen LogP contribution is 2.27. The first-order valence-corrected chi connectivity index (χ1v) is 8.12. The molecular formula is C16H20ClN7O. The summed E-state index contributed by atoms with van der Waals surface area (Å²) in [5, 5.41) is 6.15. The summed E-state index contributed by atoms with van der Waals surface area (Å²) < 4.78 is 7.44. The maximum Gasteiger partial charge on any atom is 0.224 e. The molecule has 0 radical (unpaired) electrons. The Morgan fingerprint density at radius 2 is 2.12 bits per heavy atom. The minimum absolute atomic E-state index is 0.470. The number of hydrogen-bond acceptors (Lipinski definition) is 7. The Balaban J connectivity index is 1.89. The molecule has 2 heterocycles. The van der Waals surface area contributed by atoms with Gasteiger partial charge in [-0.05, 0) is 19.1 Å². The molecule has 1 aliphatic heterocycles. The molecular weight excluding hydrogens is 342 g/mol. The van der Waals surface area contributed by atoms with E-state index < -0.39 is 5.62 Å². The van der Waals surface area contributed by atoms with Crippen LogP contribution in [0.3, 0.4) is 0 Å². The van der Waals surface area contributed by atoms with Gasteiger partial charge in [-0.3, -0.25) is 0 Å². The van der Waals surface area contributed by atoms with E-state index in [1.807, 2.05) is 42.9 Å². The molecule has 0 fully saturated rings. The van der Waals surface area contributed by atoms with Crippen LogP contribution in [0.2, 0.25) is 0 Å². The Morgan fingerprint density at radius 3 is 2.76 bits per heavy atom. The topological polar surface area (TPSA) is 79.1 Å². The van der Waals surface area contributed by atoms with Crippen molar-refractivity contribution >= 4 is 29.2 Å². The van der Waals surface area contributed by atoms with Gasteiger partial charge in [0, 0.05) is 32.0 Å². The second kappa shape index (κ2) is 7.02.